The van der Waals surface area contributed by atoms with Crippen molar-refractivity contribution in [2.45, 2.75) is 45.2 Å². The number of aromatic nitrogens is 4. The first-order valence-corrected chi connectivity index (χ1v) is 11.2. The third kappa shape index (κ3) is 3.47. The zero-order valence-corrected chi connectivity index (χ0v) is 18.9. The molecule has 1 fully saturated rings. The van der Waals surface area contributed by atoms with Crippen molar-refractivity contribution in [1.82, 2.24) is 19.9 Å². The highest BCUT2D eigenvalue weighted by Crippen LogP contribution is 2.44. The summed E-state index contributed by atoms with van der Waals surface area (Å²) >= 11 is 0. The summed E-state index contributed by atoms with van der Waals surface area (Å²) in [5, 5.41) is 3.71. The van der Waals surface area contributed by atoms with Crippen LogP contribution in [0.1, 0.15) is 32.0 Å². The zero-order valence-electron chi connectivity index (χ0n) is 18.9. The number of pyridine rings is 1. The van der Waals surface area contributed by atoms with Crippen molar-refractivity contribution in [2.24, 2.45) is 5.73 Å². The molecule has 5 rings (SSSR count). The third-order valence-corrected chi connectivity index (χ3v) is 6.64. The molecule has 1 aromatic carbocycles. The van der Waals surface area contributed by atoms with Crippen LogP contribution in [-0.4, -0.2) is 45.6 Å². The largest absolute Gasteiger partial charge is 0.386 e. The number of halogens is 2. The lowest BCUT2D eigenvalue weighted by molar-refractivity contribution is 0.404. The second-order valence-electron chi connectivity index (χ2n) is 8.65. The highest BCUT2D eigenvalue weighted by atomic mass is 19.2. The lowest BCUT2D eigenvalue weighted by atomic mass is 9.93. The van der Waals surface area contributed by atoms with Crippen molar-refractivity contribution >= 4 is 33.3 Å². The number of H-pyrrole nitrogens is 1. The lowest BCUT2D eigenvalue weighted by Crippen LogP contribution is -2.47. The van der Waals surface area contributed by atoms with Crippen LogP contribution < -0.4 is 16.0 Å². The summed E-state index contributed by atoms with van der Waals surface area (Å²) < 4.78 is 30.0. The Morgan fingerprint density at radius 2 is 1.94 bits per heavy atom. The Balaban J connectivity index is 1.89. The molecule has 0 amide bonds. The quantitative estimate of drug-likeness (QED) is 0.423. The van der Waals surface area contributed by atoms with Gasteiger partial charge in [0.1, 0.15) is 11.5 Å². The Labute approximate surface area is 190 Å². The molecular weight excluding hydrogens is 424 g/mol. The second-order valence-corrected chi connectivity index (χ2v) is 8.65. The minimum Gasteiger partial charge on any atom is -0.386 e. The molecular formula is C24H27F2N7. The Hall–Kier alpha value is -3.33. The molecule has 0 saturated carbocycles. The van der Waals surface area contributed by atoms with E-state index < -0.39 is 11.6 Å². The molecule has 1 aliphatic heterocycles. The van der Waals surface area contributed by atoms with Crippen molar-refractivity contribution in [3.63, 3.8) is 0 Å². The molecule has 172 valence electrons. The Morgan fingerprint density at radius 3 is 2.64 bits per heavy atom. The SMILES string of the molecule is CC[C@@H]1C[C@@H](N)CCN1c1c(-c2cnc(C)nc2)cnc2[nH]c3c(NC)cc(F)c(F)c3c12. The number of nitrogens with one attached hydrogen (secondary N) is 2. The van der Waals surface area contributed by atoms with Crippen LogP contribution in [0.15, 0.2) is 24.7 Å². The monoisotopic (exact) mass is 451 g/mol. The Kier molecular flexibility index (Phi) is 5.36. The third-order valence-electron chi connectivity index (χ3n) is 6.64. The van der Waals surface area contributed by atoms with Crippen LogP contribution in [-0.2, 0) is 0 Å². The van der Waals surface area contributed by atoms with Crippen molar-refractivity contribution in [3.05, 3.63) is 42.1 Å². The minimum absolute atomic E-state index is 0.114. The molecule has 0 spiro atoms. The summed E-state index contributed by atoms with van der Waals surface area (Å²) in [6.07, 6.45) is 7.76. The van der Waals surface area contributed by atoms with Gasteiger partial charge in [-0.1, -0.05) is 6.92 Å². The highest BCUT2D eigenvalue weighted by Gasteiger charge is 2.31. The number of rotatable bonds is 4. The minimum atomic E-state index is -0.907. The molecule has 0 aliphatic carbocycles. The van der Waals surface area contributed by atoms with Gasteiger partial charge >= 0.3 is 0 Å². The van der Waals surface area contributed by atoms with E-state index in [-0.39, 0.29) is 17.5 Å². The number of fused-ring (bicyclic) bond motifs is 3. The van der Waals surface area contributed by atoms with E-state index in [2.05, 4.69) is 37.1 Å². The van der Waals surface area contributed by atoms with Gasteiger partial charge in [0.2, 0.25) is 0 Å². The van der Waals surface area contributed by atoms with Crippen LogP contribution in [0.4, 0.5) is 20.2 Å². The lowest BCUT2D eigenvalue weighted by Gasteiger charge is -2.41. The van der Waals surface area contributed by atoms with E-state index in [4.69, 9.17) is 5.73 Å². The molecule has 1 aliphatic rings. The molecule has 4 aromatic rings. The van der Waals surface area contributed by atoms with E-state index in [0.29, 0.717) is 34.6 Å². The summed E-state index contributed by atoms with van der Waals surface area (Å²) in [7, 11) is 1.68. The van der Waals surface area contributed by atoms with Crippen molar-refractivity contribution in [1.29, 1.82) is 0 Å². The number of hydrogen-bond acceptors (Lipinski definition) is 6. The van der Waals surface area contributed by atoms with Gasteiger partial charge in [0, 0.05) is 61.5 Å². The van der Waals surface area contributed by atoms with Crippen molar-refractivity contribution < 1.29 is 8.78 Å². The van der Waals surface area contributed by atoms with Crippen LogP contribution in [0.3, 0.4) is 0 Å². The van der Waals surface area contributed by atoms with Crippen molar-refractivity contribution in [3.8, 4) is 11.1 Å². The van der Waals surface area contributed by atoms with Gasteiger partial charge in [0.25, 0.3) is 0 Å². The average Bonchev–Trinajstić information content (AvgIpc) is 3.21. The smallest absolute Gasteiger partial charge is 0.169 e. The standard InChI is InChI=1S/C24H27F2N7/c1-4-15-7-14(27)5-6-33(15)23-16(13-9-29-12(2)30-10-13)11-31-24-20(23)19-21(26)17(25)8-18(28-3)22(19)32-24/h8-11,14-15,28H,4-7,27H2,1-3H3,(H,31,32)/t14-,15+/m0/s1. The maximum Gasteiger partial charge on any atom is 0.169 e. The maximum atomic E-state index is 15.3. The first kappa shape index (κ1) is 21.5. The topological polar surface area (TPSA) is 95.8 Å². The molecule has 0 unspecified atom stereocenters. The first-order chi connectivity index (χ1) is 15.9. The zero-order chi connectivity index (χ0) is 23.3. The van der Waals surface area contributed by atoms with Crippen LogP contribution in [0.2, 0.25) is 0 Å². The van der Waals surface area contributed by atoms with Gasteiger partial charge < -0.3 is 20.9 Å². The molecule has 0 bridgehead atoms. The molecule has 9 heteroatoms. The summed E-state index contributed by atoms with van der Waals surface area (Å²) in [6.45, 7) is 4.65. The van der Waals surface area contributed by atoms with Gasteiger partial charge in [-0.25, -0.2) is 23.7 Å². The van der Waals surface area contributed by atoms with E-state index in [0.717, 1.165) is 42.1 Å². The fraction of sp³-hybridized carbons (Fsp3) is 0.375. The number of anilines is 2. The number of nitrogens with two attached hydrogens (primary N) is 1. The maximum absolute atomic E-state index is 15.3. The molecule has 7 nitrogen and oxygen atoms in total. The first-order valence-electron chi connectivity index (χ1n) is 11.2. The number of hydrogen-bond donors (Lipinski definition) is 3. The van der Waals surface area contributed by atoms with Gasteiger partial charge in [-0.15, -0.1) is 0 Å². The second kappa shape index (κ2) is 8.22. The fourth-order valence-corrected chi connectivity index (χ4v) is 4.94. The normalized spacial score (nSPS) is 18.9. The van der Waals surface area contributed by atoms with Crippen LogP contribution in [0.5, 0.6) is 0 Å². The Bertz CT molecular complexity index is 1330. The molecule has 2 atom stereocenters. The number of nitrogens with zero attached hydrogens (tertiary/aromatic N) is 4. The molecule has 1 saturated heterocycles. The number of aromatic amines is 1. The summed E-state index contributed by atoms with van der Waals surface area (Å²) in [5.41, 5.74) is 10.1. The van der Waals surface area contributed by atoms with Crippen LogP contribution in [0.25, 0.3) is 33.1 Å². The van der Waals surface area contributed by atoms with Gasteiger partial charge in [0.15, 0.2) is 11.6 Å². The number of aryl methyl sites for hydroxylation is 1. The average molecular weight is 452 g/mol. The molecule has 0 radical (unpaired) electrons. The van der Waals surface area contributed by atoms with Gasteiger partial charge in [0.05, 0.1) is 27.7 Å². The summed E-state index contributed by atoms with van der Waals surface area (Å²) in [5.74, 6) is -1.14. The molecule has 3 aromatic heterocycles. The molecule has 4 N–H and O–H groups in total. The summed E-state index contributed by atoms with van der Waals surface area (Å²) in [6, 6.07) is 1.44. The molecule has 4 heterocycles. The van der Waals surface area contributed by atoms with E-state index in [1.54, 1.807) is 25.6 Å². The fourth-order valence-electron chi connectivity index (χ4n) is 4.94. The van der Waals surface area contributed by atoms with Gasteiger partial charge in [-0.05, 0) is 26.2 Å². The van der Waals surface area contributed by atoms with E-state index >= 15 is 4.39 Å². The number of piperidine rings is 1. The highest BCUT2D eigenvalue weighted by molar-refractivity contribution is 6.18. The Morgan fingerprint density at radius 1 is 1.18 bits per heavy atom. The van der Waals surface area contributed by atoms with Gasteiger partial charge in [-0.3, -0.25) is 0 Å². The summed E-state index contributed by atoms with van der Waals surface area (Å²) in [4.78, 5) is 18.8. The van der Waals surface area contributed by atoms with Crippen LogP contribution >= 0.6 is 0 Å². The van der Waals surface area contributed by atoms with E-state index in [1.807, 2.05) is 6.92 Å². The van der Waals surface area contributed by atoms with E-state index in [1.165, 1.54) is 0 Å². The van der Waals surface area contributed by atoms with E-state index in [9.17, 15) is 4.39 Å². The van der Waals surface area contributed by atoms with Crippen LogP contribution in [0, 0.1) is 18.6 Å². The predicted octanol–water partition coefficient (Wildman–Crippen LogP) is 4.51. The molecule has 33 heavy (non-hydrogen) atoms. The number of benzene rings is 1. The predicted molar refractivity (Wildman–Crippen MR) is 127 cm³/mol. The van der Waals surface area contributed by atoms with Crippen molar-refractivity contribution in [2.75, 3.05) is 23.8 Å². The van der Waals surface area contributed by atoms with Gasteiger partial charge in [-0.2, -0.15) is 0 Å².